The summed E-state index contributed by atoms with van der Waals surface area (Å²) in [4.78, 5) is 6.84. The van der Waals surface area contributed by atoms with Gasteiger partial charge in [0.1, 0.15) is 5.82 Å². The Morgan fingerprint density at radius 2 is 2.21 bits per heavy atom. The minimum absolute atomic E-state index is 0.495. The lowest BCUT2D eigenvalue weighted by atomic mass is 10.2. The molecule has 0 aliphatic carbocycles. The molecule has 19 heavy (non-hydrogen) atoms. The fourth-order valence-corrected chi connectivity index (χ4v) is 1.92. The van der Waals surface area contributed by atoms with E-state index in [1.54, 1.807) is 7.11 Å². The van der Waals surface area contributed by atoms with Crippen molar-refractivity contribution in [2.24, 2.45) is 0 Å². The monoisotopic (exact) mass is 265 g/mol. The summed E-state index contributed by atoms with van der Waals surface area (Å²) < 4.78 is 5.18. The zero-order valence-electron chi connectivity index (χ0n) is 12.6. The van der Waals surface area contributed by atoms with Gasteiger partial charge in [0.25, 0.3) is 0 Å². The molecule has 1 N–H and O–H groups in total. The average molecular weight is 265 g/mol. The SMILES string of the molecule is CCCNc1ncccc1CN(CCOC)C(C)C. The molecule has 1 rings (SSSR count). The maximum Gasteiger partial charge on any atom is 0.130 e. The molecular formula is C15H27N3O. The van der Waals surface area contributed by atoms with Gasteiger partial charge < -0.3 is 10.1 Å². The van der Waals surface area contributed by atoms with E-state index in [4.69, 9.17) is 4.74 Å². The lowest BCUT2D eigenvalue weighted by molar-refractivity contribution is 0.125. The molecule has 0 unspecified atom stereocenters. The predicted octanol–water partition coefficient (Wildman–Crippen LogP) is 2.76. The number of nitrogens with one attached hydrogen (secondary N) is 1. The van der Waals surface area contributed by atoms with Gasteiger partial charge in [-0.2, -0.15) is 0 Å². The number of anilines is 1. The third kappa shape index (κ3) is 5.57. The summed E-state index contributed by atoms with van der Waals surface area (Å²) in [5.74, 6) is 1.01. The van der Waals surface area contributed by atoms with Gasteiger partial charge in [-0.25, -0.2) is 4.98 Å². The van der Waals surface area contributed by atoms with Gasteiger partial charge in [0.15, 0.2) is 0 Å². The summed E-state index contributed by atoms with van der Waals surface area (Å²) in [6.45, 7) is 10.2. The van der Waals surface area contributed by atoms with Crippen molar-refractivity contribution < 1.29 is 4.74 Å². The molecule has 0 aromatic carbocycles. The predicted molar refractivity (Wildman–Crippen MR) is 80.4 cm³/mol. The van der Waals surface area contributed by atoms with E-state index in [2.05, 4.69) is 42.0 Å². The van der Waals surface area contributed by atoms with Crippen LogP contribution < -0.4 is 5.32 Å². The molecule has 0 spiro atoms. The normalized spacial score (nSPS) is 11.3. The van der Waals surface area contributed by atoms with E-state index >= 15 is 0 Å². The van der Waals surface area contributed by atoms with Gasteiger partial charge in [0, 0.05) is 44.5 Å². The van der Waals surface area contributed by atoms with E-state index < -0.39 is 0 Å². The van der Waals surface area contributed by atoms with Gasteiger partial charge in [-0.1, -0.05) is 13.0 Å². The molecule has 4 nitrogen and oxygen atoms in total. The van der Waals surface area contributed by atoms with Crippen LogP contribution in [0.15, 0.2) is 18.3 Å². The molecule has 0 amide bonds. The van der Waals surface area contributed by atoms with Crippen molar-refractivity contribution in [2.75, 3.05) is 32.1 Å². The Balaban J connectivity index is 2.71. The molecule has 0 atom stereocenters. The van der Waals surface area contributed by atoms with Gasteiger partial charge in [0.05, 0.1) is 6.61 Å². The number of hydrogen-bond acceptors (Lipinski definition) is 4. The Kier molecular flexibility index (Phi) is 7.45. The summed E-state index contributed by atoms with van der Waals surface area (Å²) >= 11 is 0. The zero-order chi connectivity index (χ0) is 14.1. The lowest BCUT2D eigenvalue weighted by Gasteiger charge is -2.27. The lowest BCUT2D eigenvalue weighted by Crippen LogP contribution is -2.33. The highest BCUT2D eigenvalue weighted by Gasteiger charge is 2.12. The molecular weight excluding hydrogens is 238 g/mol. The van der Waals surface area contributed by atoms with Crippen LogP contribution in [0.3, 0.4) is 0 Å². The van der Waals surface area contributed by atoms with Crippen molar-refractivity contribution in [3.8, 4) is 0 Å². The molecule has 0 saturated carbocycles. The van der Waals surface area contributed by atoms with Crippen LogP contribution in [0.5, 0.6) is 0 Å². The molecule has 1 aromatic rings. The van der Waals surface area contributed by atoms with E-state index in [9.17, 15) is 0 Å². The molecule has 0 bridgehead atoms. The number of ether oxygens (including phenoxy) is 1. The third-order valence-electron chi connectivity index (χ3n) is 3.12. The topological polar surface area (TPSA) is 37.4 Å². The largest absolute Gasteiger partial charge is 0.383 e. The number of methoxy groups -OCH3 is 1. The van der Waals surface area contributed by atoms with Gasteiger partial charge >= 0.3 is 0 Å². The summed E-state index contributed by atoms with van der Waals surface area (Å²) in [7, 11) is 1.75. The van der Waals surface area contributed by atoms with Crippen LogP contribution in [-0.4, -0.2) is 42.7 Å². The van der Waals surface area contributed by atoms with Crippen LogP contribution in [0.2, 0.25) is 0 Å². The van der Waals surface area contributed by atoms with Crippen LogP contribution in [0.25, 0.3) is 0 Å². The van der Waals surface area contributed by atoms with E-state index in [0.717, 1.165) is 38.5 Å². The van der Waals surface area contributed by atoms with Crippen LogP contribution >= 0.6 is 0 Å². The smallest absolute Gasteiger partial charge is 0.130 e. The first-order chi connectivity index (χ1) is 9.19. The second-order valence-electron chi connectivity index (χ2n) is 4.99. The highest BCUT2D eigenvalue weighted by atomic mass is 16.5. The van der Waals surface area contributed by atoms with E-state index in [1.807, 2.05) is 12.3 Å². The summed E-state index contributed by atoms with van der Waals surface area (Å²) in [6, 6.07) is 4.64. The Bertz CT molecular complexity index is 355. The quantitative estimate of drug-likeness (QED) is 0.745. The van der Waals surface area contributed by atoms with Crippen molar-refractivity contribution in [2.45, 2.75) is 39.8 Å². The van der Waals surface area contributed by atoms with Crippen LogP contribution in [-0.2, 0) is 11.3 Å². The van der Waals surface area contributed by atoms with Gasteiger partial charge in [-0.15, -0.1) is 0 Å². The first kappa shape index (κ1) is 15.9. The molecule has 1 aromatic heterocycles. The van der Waals surface area contributed by atoms with E-state index in [-0.39, 0.29) is 0 Å². The van der Waals surface area contributed by atoms with Gasteiger partial charge in [-0.3, -0.25) is 4.90 Å². The summed E-state index contributed by atoms with van der Waals surface area (Å²) in [5.41, 5.74) is 1.25. The second kappa shape index (κ2) is 8.88. The molecule has 1 heterocycles. The third-order valence-corrected chi connectivity index (χ3v) is 3.12. The van der Waals surface area contributed by atoms with Crippen molar-refractivity contribution in [3.05, 3.63) is 23.9 Å². The highest BCUT2D eigenvalue weighted by molar-refractivity contribution is 5.43. The second-order valence-corrected chi connectivity index (χ2v) is 4.99. The first-order valence-corrected chi connectivity index (χ1v) is 7.09. The minimum Gasteiger partial charge on any atom is -0.383 e. The summed E-state index contributed by atoms with van der Waals surface area (Å²) in [6.07, 6.45) is 2.95. The van der Waals surface area contributed by atoms with Crippen LogP contribution in [0, 0.1) is 0 Å². The summed E-state index contributed by atoms with van der Waals surface area (Å²) in [5, 5.41) is 3.39. The number of hydrogen-bond donors (Lipinski definition) is 1. The zero-order valence-corrected chi connectivity index (χ0v) is 12.6. The molecule has 0 aliphatic rings. The van der Waals surface area contributed by atoms with Gasteiger partial charge in [0.2, 0.25) is 0 Å². The first-order valence-electron chi connectivity index (χ1n) is 7.09. The van der Waals surface area contributed by atoms with Gasteiger partial charge in [-0.05, 0) is 26.3 Å². The van der Waals surface area contributed by atoms with E-state index in [0.29, 0.717) is 6.04 Å². The van der Waals surface area contributed by atoms with Crippen LogP contribution in [0.4, 0.5) is 5.82 Å². The molecule has 0 radical (unpaired) electrons. The molecule has 108 valence electrons. The number of aromatic nitrogens is 1. The van der Waals surface area contributed by atoms with Crippen molar-refractivity contribution in [1.82, 2.24) is 9.88 Å². The Hall–Kier alpha value is -1.13. The average Bonchev–Trinajstić information content (AvgIpc) is 2.41. The fraction of sp³-hybridized carbons (Fsp3) is 0.667. The minimum atomic E-state index is 0.495. The van der Waals surface area contributed by atoms with E-state index in [1.165, 1.54) is 5.56 Å². The molecule has 0 aliphatic heterocycles. The molecule has 4 heteroatoms. The maximum atomic E-state index is 5.18. The molecule has 0 fully saturated rings. The fourth-order valence-electron chi connectivity index (χ4n) is 1.92. The Labute approximate surface area is 117 Å². The Morgan fingerprint density at radius 3 is 2.84 bits per heavy atom. The number of rotatable bonds is 9. The van der Waals surface area contributed by atoms with Crippen molar-refractivity contribution in [1.29, 1.82) is 0 Å². The highest BCUT2D eigenvalue weighted by Crippen LogP contribution is 2.15. The van der Waals surface area contributed by atoms with Crippen molar-refractivity contribution in [3.63, 3.8) is 0 Å². The number of pyridine rings is 1. The maximum absolute atomic E-state index is 5.18. The number of nitrogens with zero attached hydrogens (tertiary/aromatic N) is 2. The van der Waals surface area contributed by atoms with Crippen molar-refractivity contribution >= 4 is 5.82 Å². The standard InChI is InChI=1S/C15H27N3O/c1-5-8-16-15-14(7-6-9-17-15)12-18(13(2)3)10-11-19-4/h6-7,9,13H,5,8,10-12H2,1-4H3,(H,16,17). The van der Waals surface area contributed by atoms with Crippen LogP contribution in [0.1, 0.15) is 32.8 Å². The molecule has 0 saturated heterocycles. The Morgan fingerprint density at radius 1 is 1.42 bits per heavy atom.